The lowest BCUT2D eigenvalue weighted by Gasteiger charge is -2.40. The summed E-state index contributed by atoms with van der Waals surface area (Å²) in [5.41, 5.74) is 1.98. The van der Waals surface area contributed by atoms with Crippen molar-refractivity contribution < 1.29 is 32.3 Å². The van der Waals surface area contributed by atoms with Gasteiger partial charge in [-0.1, -0.05) is 6.07 Å². The van der Waals surface area contributed by atoms with Gasteiger partial charge in [-0.25, -0.2) is 4.79 Å². The number of benzene rings is 2. The van der Waals surface area contributed by atoms with Crippen LogP contribution in [0.5, 0.6) is 5.75 Å². The smallest absolute Gasteiger partial charge is 0.417 e. The average molecular weight is 802 g/mol. The predicted octanol–water partition coefficient (Wildman–Crippen LogP) is 5.67. The number of carbonyl (C=O) groups is 3. The minimum Gasteiger partial charge on any atom is -0.494 e. The Hall–Kier alpha value is -5.71. The molecule has 1 unspecified atom stereocenters. The Morgan fingerprint density at radius 1 is 1.02 bits per heavy atom. The summed E-state index contributed by atoms with van der Waals surface area (Å²) < 4.78 is 50.3. The van der Waals surface area contributed by atoms with Crippen LogP contribution in [-0.2, 0) is 22.8 Å². The number of aromatic nitrogens is 5. The molecular formula is C41H46F3N9O5. The fourth-order valence-electron chi connectivity index (χ4n) is 9.04. The monoisotopic (exact) mass is 801 g/mol. The number of nitrogens with zero attached hydrogens (tertiary/aromatic N) is 7. The minimum atomic E-state index is -4.62. The van der Waals surface area contributed by atoms with Gasteiger partial charge in [0.1, 0.15) is 11.8 Å². The van der Waals surface area contributed by atoms with Crippen molar-refractivity contribution in [2.45, 2.75) is 75.7 Å². The molecule has 2 aromatic carbocycles. The summed E-state index contributed by atoms with van der Waals surface area (Å²) in [4.78, 5) is 59.3. The summed E-state index contributed by atoms with van der Waals surface area (Å²) in [6.07, 6.45) is 5.59. The number of halogens is 3. The number of aryl methyl sites for hydroxylation is 1. The van der Waals surface area contributed by atoms with Crippen LogP contribution in [0.2, 0.25) is 0 Å². The lowest BCUT2D eigenvalue weighted by Crippen LogP contribution is -2.45. The number of rotatable bonds is 9. The Labute approximate surface area is 331 Å². The fraction of sp³-hybridized carbons (Fsp3) is 0.463. The zero-order valence-corrected chi connectivity index (χ0v) is 32.6. The number of methoxy groups -OCH3 is 1. The first-order valence-electron chi connectivity index (χ1n) is 19.7. The van der Waals surface area contributed by atoms with E-state index in [4.69, 9.17) is 9.84 Å². The van der Waals surface area contributed by atoms with Crippen LogP contribution in [0.1, 0.15) is 79.4 Å². The molecule has 0 radical (unpaired) electrons. The van der Waals surface area contributed by atoms with Gasteiger partial charge < -0.3 is 19.9 Å². The van der Waals surface area contributed by atoms with E-state index in [1.165, 1.54) is 11.7 Å². The Kier molecular flexibility index (Phi) is 10.5. The normalized spacial score (nSPS) is 20.9. The summed E-state index contributed by atoms with van der Waals surface area (Å²) in [6, 6.07) is 9.97. The highest BCUT2D eigenvalue weighted by molar-refractivity contribution is 6.06. The maximum Gasteiger partial charge on any atom is 0.417 e. The van der Waals surface area contributed by atoms with Crippen molar-refractivity contribution in [3.05, 3.63) is 76.6 Å². The lowest BCUT2D eigenvalue weighted by molar-refractivity contribution is -0.138. The van der Waals surface area contributed by atoms with Crippen LogP contribution in [0.15, 0.2) is 59.8 Å². The fourth-order valence-corrected chi connectivity index (χ4v) is 9.04. The molecule has 3 amide bonds. The zero-order valence-electron chi connectivity index (χ0n) is 32.6. The third-order valence-corrected chi connectivity index (χ3v) is 12.2. The molecule has 306 valence electrons. The first-order valence-corrected chi connectivity index (χ1v) is 19.7. The second kappa shape index (κ2) is 15.6. The van der Waals surface area contributed by atoms with Gasteiger partial charge in [0.15, 0.2) is 0 Å². The zero-order chi connectivity index (χ0) is 40.9. The molecule has 1 atom stereocenters. The quantitative estimate of drug-likeness (QED) is 0.180. The van der Waals surface area contributed by atoms with Crippen molar-refractivity contribution in [1.82, 2.24) is 34.1 Å². The van der Waals surface area contributed by atoms with Gasteiger partial charge in [-0.15, -0.1) is 0 Å². The Balaban J connectivity index is 0.866. The van der Waals surface area contributed by atoms with Gasteiger partial charge in [-0.3, -0.25) is 38.5 Å². The van der Waals surface area contributed by atoms with Gasteiger partial charge in [0.05, 0.1) is 52.2 Å². The summed E-state index contributed by atoms with van der Waals surface area (Å²) >= 11 is 0. The summed E-state index contributed by atoms with van der Waals surface area (Å²) in [5.74, 6) is -0.598. The average Bonchev–Trinajstić information content (AvgIpc) is 3.74. The van der Waals surface area contributed by atoms with E-state index < -0.39 is 29.6 Å². The van der Waals surface area contributed by atoms with Crippen LogP contribution < -0.4 is 26.0 Å². The van der Waals surface area contributed by atoms with E-state index in [0.717, 1.165) is 87.0 Å². The third kappa shape index (κ3) is 7.54. The summed E-state index contributed by atoms with van der Waals surface area (Å²) in [5, 5.41) is 10.7. The minimum absolute atomic E-state index is 0.197. The van der Waals surface area contributed by atoms with Gasteiger partial charge in [-0.2, -0.15) is 18.3 Å². The van der Waals surface area contributed by atoms with Crippen LogP contribution in [0.3, 0.4) is 0 Å². The van der Waals surface area contributed by atoms with Gasteiger partial charge in [0, 0.05) is 69.2 Å². The summed E-state index contributed by atoms with van der Waals surface area (Å²) in [6.45, 7) is 2.67. The number of carbonyl (C=O) groups excluding carboxylic acids is 3. The highest BCUT2D eigenvalue weighted by Crippen LogP contribution is 2.37. The Bertz CT molecular complexity index is 2440. The molecule has 14 nitrogen and oxygen atoms in total. The van der Waals surface area contributed by atoms with E-state index >= 15 is 0 Å². The van der Waals surface area contributed by atoms with E-state index in [1.54, 1.807) is 23.7 Å². The number of hydrogen-bond acceptors (Lipinski definition) is 9. The van der Waals surface area contributed by atoms with Crippen LogP contribution in [0.4, 0.5) is 24.5 Å². The molecule has 1 aliphatic carbocycles. The molecule has 0 bridgehead atoms. The van der Waals surface area contributed by atoms with E-state index in [0.29, 0.717) is 47.0 Å². The number of imide groups is 1. The standard InChI is InChI=1S/C41H46F3N9O5/c1-49(28-13-15-51(16-14-28)32-5-4-6-33-37(32)50(2)40(57)53(33)34-11-12-36(54)47-39(34)56)22-24-7-9-29(10-8-24)52-23-26-18-31(35(58-3)19-30(26)48-52)46-38(55)25-17-27(21-45-20-25)41(42,43)44/h4-6,17-21,23-24,28-29,34H,7-16,22H2,1-3H3,(H,46,55)(H,47,54,56). The van der Waals surface area contributed by atoms with E-state index in [1.807, 2.05) is 29.1 Å². The SMILES string of the molecule is COc1cc2nn(C3CCC(CN(C)C4CCN(c5cccc6c5n(C)c(=O)n6C5CCC(=O)NC5=O)CC4)CC3)cc2cc1NC(=O)c1cncc(C(F)(F)F)c1. The van der Waals surface area contributed by atoms with E-state index in [9.17, 15) is 32.3 Å². The van der Waals surface area contributed by atoms with Gasteiger partial charge >= 0.3 is 11.9 Å². The van der Waals surface area contributed by atoms with Gasteiger partial charge in [0.2, 0.25) is 11.8 Å². The molecule has 5 heterocycles. The molecule has 2 aliphatic heterocycles. The number of amides is 3. The third-order valence-electron chi connectivity index (χ3n) is 12.2. The molecule has 17 heteroatoms. The number of fused-ring (bicyclic) bond motifs is 2. The van der Waals surface area contributed by atoms with Gasteiger partial charge in [-0.05, 0) is 82.2 Å². The predicted molar refractivity (Wildman–Crippen MR) is 211 cm³/mol. The molecule has 3 fully saturated rings. The Morgan fingerprint density at radius 3 is 2.48 bits per heavy atom. The summed E-state index contributed by atoms with van der Waals surface area (Å²) in [7, 11) is 5.41. The lowest BCUT2D eigenvalue weighted by atomic mass is 9.85. The van der Waals surface area contributed by atoms with Crippen molar-refractivity contribution in [2.75, 3.05) is 44.0 Å². The number of nitrogens with one attached hydrogen (secondary N) is 2. The van der Waals surface area contributed by atoms with E-state index in [2.05, 4.69) is 32.5 Å². The number of anilines is 2. The highest BCUT2D eigenvalue weighted by atomic mass is 19.4. The molecule has 3 aliphatic rings. The largest absolute Gasteiger partial charge is 0.494 e. The van der Waals surface area contributed by atoms with Crippen molar-refractivity contribution in [3.63, 3.8) is 0 Å². The molecule has 8 rings (SSSR count). The van der Waals surface area contributed by atoms with Crippen molar-refractivity contribution in [2.24, 2.45) is 13.0 Å². The molecule has 2 N–H and O–H groups in total. The van der Waals surface area contributed by atoms with Crippen molar-refractivity contribution >= 4 is 51.0 Å². The Morgan fingerprint density at radius 2 is 1.78 bits per heavy atom. The number of alkyl halides is 3. The first-order chi connectivity index (χ1) is 27.8. The number of hydrogen-bond donors (Lipinski definition) is 2. The second-order valence-corrected chi connectivity index (χ2v) is 15.8. The van der Waals surface area contributed by atoms with E-state index in [-0.39, 0.29) is 29.6 Å². The second-order valence-electron chi connectivity index (χ2n) is 15.8. The molecule has 0 spiro atoms. The van der Waals surface area contributed by atoms with Crippen LogP contribution in [-0.4, -0.2) is 86.4 Å². The molecule has 2 saturated heterocycles. The van der Waals surface area contributed by atoms with Gasteiger partial charge in [0.25, 0.3) is 5.91 Å². The molecule has 3 aromatic heterocycles. The molecule has 1 saturated carbocycles. The highest BCUT2D eigenvalue weighted by Gasteiger charge is 2.34. The number of pyridine rings is 1. The van der Waals surface area contributed by atoms with Crippen LogP contribution in [0, 0.1) is 5.92 Å². The number of ether oxygens (including phenoxy) is 1. The maximum absolute atomic E-state index is 13.4. The van der Waals surface area contributed by atoms with Crippen molar-refractivity contribution in [3.8, 4) is 5.75 Å². The van der Waals surface area contributed by atoms with Crippen LogP contribution in [0.25, 0.3) is 21.9 Å². The first kappa shape index (κ1) is 39.1. The molecule has 58 heavy (non-hydrogen) atoms. The molecule has 5 aromatic rings. The van der Waals surface area contributed by atoms with Crippen molar-refractivity contribution in [1.29, 1.82) is 0 Å². The number of imidazole rings is 1. The number of piperidine rings is 2. The van der Waals surface area contributed by atoms with Crippen LogP contribution >= 0.6 is 0 Å². The topological polar surface area (TPSA) is 149 Å². The number of para-hydroxylation sites is 1. The maximum atomic E-state index is 13.4. The molecular weight excluding hydrogens is 756 g/mol.